The van der Waals surface area contributed by atoms with E-state index in [-0.39, 0.29) is 12.3 Å². The average Bonchev–Trinajstić information content (AvgIpc) is 3.22. The van der Waals surface area contributed by atoms with Gasteiger partial charge in [-0.25, -0.2) is 9.97 Å². The Morgan fingerprint density at radius 2 is 1.81 bits per heavy atom. The van der Waals surface area contributed by atoms with Crippen molar-refractivity contribution in [2.24, 2.45) is 5.73 Å². The van der Waals surface area contributed by atoms with Crippen LogP contribution in [-0.2, 0) is 11.2 Å². The highest BCUT2D eigenvalue weighted by atomic mass is 16.5. The highest BCUT2D eigenvalue weighted by Crippen LogP contribution is 2.34. The largest absolute Gasteiger partial charge is 0.492 e. The molecular weight excluding hydrogens is 396 g/mol. The van der Waals surface area contributed by atoms with Crippen LogP contribution in [-0.4, -0.2) is 54.1 Å². The summed E-state index contributed by atoms with van der Waals surface area (Å²) in [6, 6.07) is 11.1. The lowest BCUT2D eigenvalue weighted by Crippen LogP contribution is -2.31. The Labute approximate surface area is 182 Å². The second-order valence-electron chi connectivity index (χ2n) is 6.78. The van der Waals surface area contributed by atoms with E-state index in [4.69, 9.17) is 19.6 Å². The molecule has 2 aromatic heterocycles. The number of nitrogens with two attached hydrogens (primary N) is 1. The van der Waals surface area contributed by atoms with Gasteiger partial charge in [-0.15, -0.1) is 0 Å². The van der Waals surface area contributed by atoms with Crippen molar-refractivity contribution in [3.8, 4) is 34.2 Å². The fourth-order valence-corrected chi connectivity index (χ4v) is 3.17. The first-order valence-electron chi connectivity index (χ1n) is 10.3. The van der Waals surface area contributed by atoms with E-state index >= 15 is 0 Å². The van der Waals surface area contributed by atoms with Crippen LogP contribution in [0.4, 0.5) is 0 Å². The van der Waals surface area contributed by atoms with E-state index in [0.717, 1.165) is 16.9 Å². The number of carbonyl (C=O) groups is 1. The second-order valence-corrected chi connectivity index (χ2v) is 6.78. The number of carbonyl (C=O) groups excluding carboxylic acids is 1. The van der Waals surface area contributed by atoms with Gasteiger partial charge in [-0.1, -0.05) is 0 Å². The molecule has 0 aliphatic rings. The summed E-state index contributed by atoms with van der Waals surface area (Å²) in [5, 5.41) is 0. The third-order valence-corrected chi connectivity index (χ3v) is 4.81. The van der Waals surface area contributed by atoms with E-state index < -0.39 is 0 Å². The molecule has 0 spiro atoms. The predicted octanol–water partition coefficient (Wildman–Crippen LogP) is 3.16. The molecule has 31 heavy (non-hydrogen) atoms. The van der Waals surface area contributed by atoms with Crippen molar-refractivity contribution >= 4 is 5.91 Å². The molecule has 8 nitrogen and oxygen atoms in total. The SMILES string of the molecule is CCN(CC)C(=O)Cc1nc(-c2ccc(OC)nc2)c(-c2ccc(OCCN)cc2)o1. The van der Waals surface area contributed by atoms with Crippen LogP contribution in [0.1, 0.15) is 19.7 Å². The molecular formula is C23H28N4O4. The van der Waals surface area contributed by atoms with Crippen LogP contribution in [0.2, 0.25) is 0 Å². The highest BCUT2D eigenvalue weighted by Gasteiger charge is 2.21. The second kappa shape index (κ2) is 10.6. The fraction of sp³-hybridized carbons (Fsp3) is 0.348. The van der Waals surface area contributed by atoms with Crippen molar-refractivity contribution in [2.45, 2.75) is 20.3 Å². The van der Waals surface area contributed by atoms with Gasteiger partial charge < -0.3 is 24.5 Å². The standard InChI is InChI=1S/C23H28N4O4/c1-4-27(5-2)21(28)14-20-26-22(17-8-11-19(29-3)25-15-17)23(31-20)16-6-9-18(10-7-16)30-13-12-24/h6-11,15H,4-5,12-14,24H2,1-3H3. The van der Waals surface area contributed by atoms with Crippen molar-refractivity contribution in [3.63, 3.8) is 0 Å². The molecule has 2 heterocycles. The Morgan fingerprint density at radius 3 is 2.39 bits per heavy atom. The topological polar surface area (TPSA) is 104 Å². The van der Waals surface area contributed by atoms with Crippen LogP contribution < -0.4 is 15.2 Å². The van der Waals surface area contributed by atoms with Gasteiger partial charge in [0.15, 0.2) is 5.76 Å². The molecule has 0 saturated carbocycles. The van der Waals surface area contributed by atoms with Crippen LogP contribution in [0.5, 0.6) is 11.6 Å². The van der Waals surface area contributed by atoms with E-state index in [0.29, 0.717) is 49.5 Å². The molecule has 0 unspecified atom stereocenters. The monoisotopic (exact) mass is 424 g/mol. The minimum absolute atomic E-state index is 0.0252. The molecule has 0 bridgehead atoms. The molecule has 0 fully saturated rings. The molecule has 3 rings (SSSR count). The number of hydrogen-bond acceptors (Lipinski definition) is 7. The third kappa shape index (κ3) is 5.40. The zero-order valence-corrected chi connectivity index (χ0v) is 18.1. The summed E-state index contributed by atoms with van der Waals surface area (Å²) >= 11 is 0. The molecule has 0 radical (unpaired) electrons. The number of oxazole rings is 1. The molecule has 8 heteroatoms. The lowest BCUT2D eigenvalue weighted by molar-refractivity contribution is -0.130. The van der Waals surface area contributed by atoms with Crippen molar-refractivity contribution < 1.29 is 18.7 Å². The number of pyridine rings is 1. The van der Waals surface area contributed by atoms with Crippen molar-refractivity contribution in [2.75, 3.05) is 33.4 Å². The number of amides is 1. The van der Waals surface area contributed by atoms with Gasteiger partial charge in [-0.05, 0) is 44.2 Å². The van der Waals surface area contributed by atoms with Crippen LogP contribution in [0.15, 0.2) is 47.0 Å². The smallest absolute Gasteiger partial charge is 0.231 e. The minimum Gasteiger partial charge on any atom is -0.492 e. The van der Waals surface area contributed by atoms with Crippen molar-refractivity contribution in [1.29, 1.82) is 0 Å². The van der Waals surface area contributed by atoms with Crippen LogP contribution >= 0.6 is 0 Å². The molecule has 1 aromatic carbocycles. The predicted molar refractivity (Wildman–Crippen MR) is 118 cm³/mol. The van der Waals surface area contributed by atoms with E-state index in [2.05, 4.69) is 9.97 Å². The quantitative estimate of drug-likeness (QED) is 0.533. The maximum absolute atomic E-state index is 12.6. The summed E-state index contributed by atoms with van der Waals surface area (Å²) in [5.41, 5.74) is 7.70. The Bertz CT molecular complexity index is 980. The van der Waals surface area contributed by atoms with E-state index in [1.807, 2.05) is 44.2 Å². The molecule has 0 atom stereocenters. The van der Waals surface area contributed by atoms with Gasteiger partial charge in [0.05, 0.1) is 7.11 Å². The Kier molecular flexibility index (Phi) is 7.61. The summed E-state index contributed by atoms with van der Waals surface area (Å²) in [6.45, 7) is 6.07. The number of likely N-dealkylation sites (N-methyl/N-ethyl adjacent to an activating group) is 1. The zero-order valence-electron chi connectivity index (χ0n) is 18.1. The molecule has 2 N–H and O–H groups in total. The molecule has 0 aliphatic carbocycles. The minimum atomic E-state index is -0.0252. The van der Waals surface area contributed by atoms with Gasteiger partial charge in [-0.2, -0.15) is 0 Å². The van der Waals surface area contributed by atoms with Crippen LogP contribution in [0.3, 0.4) is 0 Å². The number of ether oxygens (including phenoxy) is 2. The number of methoxy groups -OCH3 is 1. The first-order chi connectivity index (χ1) is 15.1. The summed E-state index contributed by atoms with van der Waals surface area (Å²) in [6.07, 6.45) is 1.77. The van der Waals surface area contributed by atoms with Crippen molar-refractivity contribution in [1.82, 2.24) is 14.9 Å². The summed E-state index contributed by atoms with van der Waals surface area (Å²) in [7, 11) is 1.56. The Morgan fingerprint density at radius 1 is 1.10 bits per heavy atom. The van der Waals surface area contributed by atoms with E-state index in [9.17, 15) is 4.79 Å². The maximum atomic E-state index is 12.6. The summed E-state index contributed by atoms with van der Waals surface area (Å²) < 4.78 is 16.8. The van der Waals surface area contributed by atoms with Gasteiger partial charge in [-0.3, -0.25) is 4.79 Å². The zero-order chi connectivity index (χ0) is 22.2. The van der Waals surface area contributed by atoms with Gasteiger partial charge in [0, 0.05) is 43.0 Å². The normalized spacial score (nSPS) is 10.7. The first-order valence-corrected chi connectivity index (χ1v) is 10.3. The van der Waals surface area contributed by atoms with Gasteiger partial charge in [0.2, 0.25) is 17.7 Å². The lowest BCUT2D eigenvalue weighted by Gasteiger charge is -2.17. The highest BCUT2D eigenvalue weighted by molar-refractivity contribution is 5.80. The van der Waals surface area contributed by atoms with Crippen LogP contribution in [0.25, 0.3) is 22.6 Å². The van der Waals surface area contributed by atoms with Gasteiger partial charge in [0.1, 0.15) is 24.5 Å². The summed E-state index contributed by atoms with van der Waals surface area (Å²) in [4.78, 5) is 23.2. The number of nitrogens with zero attached hydrogens (tertiary/aromatic N) is 3. The Hall–Kier alpha value is -3.39. The molecule has 164 valence electrons. The number of benzene rings is 1. The molecule has 3 aromatic rings. The number of aromatic nitrogens is 2. The molecule has 0 saturated heterocycles. The Balaban J connectivity index is 1.96. The third-order valence-electron chi connectivity index (χ3n) is 4.81. The van der Waals surface area contributed by atoms with Gasteiger partial charge in [0.25, 0.3) is 0 Å². The van der Waals surface area contributed by atoms with E-state index in [1.165, 1.54) is 0 Å². The lowest BCUT2D eigenvalue weighted by atomic mass is 10.1. The number of rotatable bonds is 10. The van der Waals surface area contributed by atoms with E-state index in [1.54, 1.807) is 24.3 Å². The fourth-order valence-electron chi connectivity index (χ4n) is 3.17. The first kappa shape index (κ1) is 22.3. The average molecular weight is 425 g/mol. The maximum Gasteiger partial charge on any atom is 0.231 e. The molecule has 0 aliphatic heterocycles. The molecule has 1 amide bonds. The van der Waals surface area contributed by atoms with Crippen LogP contribution in [0, 0.1) is 0 Å². The van der Waals surface area contributed by atoms with Gasteiger partial charge >= 0.3 is 0 Å². The summed E-state index contributed by atoms with van der Waals surface area (Å²) in [5.74, 6) is 2.13. The van der Waals surface area contributed by atoms with Crippen molar-refractivity contribution in [3.05, 3.63) is 48.5 Å². The number of hydrogen-bond donors (Lipinski definition) is 1.